The lowest BCUT2D eigenvalue weighted by molar-refractivity contribution is -0.141. The van der Waals surface area contributed by atoms with Crippen LogP contribution in [0.15, 0.2) is 24.3 Å². The van der Waals surface area contributed by atoms with Crippen LogP contribution in [0, 0.1) is 0 Å². The number of aliphatic carboxylic acids is 1. The van der Waals surface area contributed by atoms with E-state index >= 15 is 0 Å². The molecule has 20 heavy (non-hydrogen) atoms. The Bertz CT molecular complexity index is 504. The summed E-state index contributed by atoms with van der Waals surface area (Å²) in [4.78, 5) is 24.6. The molecule has 0 aliphatic carbocycles. The molecule has 1 aromatic carbocycles. The Morgan fingerprint density at radius 1 is 1.50 bits per heavy atom. The van der Waals surface area contributed by atoms with Crippen LogP contribution >= 0.6 is 0 Å². The SMILES string of the molecule is COCc1cccc(NC(=O)N2CCC[C@H]2C(=O)O)c1. The number of rotatable bonds is 4. The Hall–Kier alpha value is -2.08. The molecule has 2 rings (SSSR count). The van der Waals surface area contributed by atoms with Crippen molar-refractivity contribution in [3.8, 4) is 0 Å². The maximum Gasteiger partial charge on any atom is 0.326 e. The molecule has 0 bridgehead atoms. The van der Waals surface area contributed by atoms with E-state index in [1.807, 2.05) is 18.2 Å². The van der Waals surface area contributed by atoms with Gasteiger partial charge in [0, 0.05) is 19.3 Å². The first kappa shape index (κ1) is 14.3. The molecule has 0 spiro atoms. The lowest BCUT2D eigenvalue weighted by Gasteiger charge is -2.21. The number of benzene rings is 1. The monoisotopic (exact) mass is 278 g/mol. The van der Waals surface area contributed by atoms with E-state index in [4.69, 9.17) is 9.84 Å². The average Bonchev–Trinajstić information content (AvgIpc) is 2.89. The number of carboxylic acid groups (broad SMARTS) is 1. The molecular formula is C14H18N2O4. The number of anilines is 1. The van der Waals surface area contributed by atoms with Crippen LogP contribution in [0.25, 0.3) is 0 Å². The Labute approximate surface area is 117 Å². The maximum absolute atomic E-state index is 12.1. The van der Waals surface area contributed by atoms with E-state index in [2.05, 4.69) is 5.32 Å². The van der Waals surface area contributed by atoms with E-state index in [1.54, 1.807) is 13.2 Å². The molecule has 2 amide bonds. The van der Waals surface area contributed by atoms with Crippen molar-refractivity contribution < 1.29 is 19.4 Å². The molecule has 6 heteroatoms. The van der Waals surface area contributed by atoms with Crippen LogP contribution in [0.4, 0.5) is 10.5 Å². The summed E-state index contributed by atoms with van der Waals surface area (Å²) in [6.45, 7) is 0.936. The first-order valence-corrected chi connectivity index (χ1v) is 6.50. The molecule has 108 valence electrons. The zero-order valence-electron chi connectivity index (χ0n) is 11.3. The largest absolute Gasteiger partial charge is 0.480 e. The van der Waals surface area contributed by atoms with Crippen LogP contribution in [-0.2, 0) is 16.1 Å². The summed E-state index contributed by atoms with van der Waals surface area (Å²) in [5.41, 5.74) is 1.59. The lowest BCUT2D eigenvalue weighted by atomic mass is 10.2. The van der Waals surface area contributed by atoms with E-state index in [-0.39, 0.29) is 6.03 Å². The van der Waals surface area contributed by atoms with Gasteiger partial charge in [0.2, 0.25) is 0 Å². The number of ether oxygens (including phenoxy) is 1. The molecule has 0 aromatic heterocycles. The van der Waals surface area contributed by atoms with E-state index in [0.717, 1.165) is 5.56 Å². The molecular weight excluding hydrogens is 260 g/mol. The van der Waals surface area contributed by atoms with Gasteiger partial charge in [0.25, 0.3) is 0 Å². The quantitative estimate of drug-likeness (QED) is 0.881. The molecule has 1 heterocycles. The number of methoxy groups -OCH3 is 1. The summed E-state index contributed by atoms with van der Waals surface area (Å²) >= 11 is 0. The molecule has 2 N–H and O–H groups in total. The van der Waals surface area contributed by atoms with Crippen LogP contribution in [0.2, 0.25) is 0 Å². The molecule has 1 aromatic rings. The second-order valence-electron chi connectivity index (χ2n) is 4.75. The number of nitrogens with zero attached hydrogens (tertiary/aromatic N) is 1. The van der Waals surface area contributed by atoms with Gasteiger partial charge >= 0.3 is 12.0 Å². The molecule has 1 saturated heterocycles. The number of carboxylic acids is 1. The third-order valence-electron chi connectivity index (χ3n) is 3.29. The van der Waals surface area contributed by atoms with E-state index in [9.17, 15) is 9.59 Å². The first-order valence-electron chi connectivity index (χ1n) is 6.50. The number of nitrogens with one attached hydrogen (secondary N) is 1. The number of carbonyl (C=O) groups is 2. The third-order valence-corrected chi connectivity index (χ3v) is 3.29. The van der Waals surface area contributed by atoms with Gasteiger partial charge in [-0.1, -0.05) is 12.1 Å². The highest BCUT2D eigenvalue weighted by Crippen LogP contribution is 2.19. The van der Waals surface area contributed by atoms with Gasteiger partial charge in [0.05, 0.1) is 6.61 Å². The smallest absolute Gasteiger partial charge is 0.326 e. The van der Waals surface area contributed by atoms with Gasteiger partial charge in [0.15, 0.2) is 0 Å². The zero-order chi connectivity index (χ0) is 14.5. The number of hydrogen-bond acceptors (Lipinski definition) is 3. The van der Waals surface area contributed by atoms with Crippen LogP contribution in [-0.4, -0.2) is 41.7 Å². The minimum absolute atomic E-state index is 0.371. The van der Waals surface area contributed by atoms with Crippen LogP contribution in [0.5, 0.6) is 0 Å². The first-order chi connectivity index (χ1) is 9.61. The summed E-state index contributed by atoms with van der Waals surface area (Å²) in [6, 6.07) is 6.20. The molecule has 0 radical (unpaired) electrons. The molecule has 0 saturated carbocycles. The van der Waals surface area contributed by atoms with Gasteiger partial charge in [-0.25, -0.2) is 9.59 Å². The highest BCUT2D eigenvalue weighted by atomic mass is 16.5. The topological polar surface area (TPSA) is 78.9 Å². The van der Waals surface area contributed by atoms with E-state index < -0.39 is 12.0 Å². The fourth-order valence-electron chi connectivity index (χ4n) is 2.37. The lowest BCUT2D eigenvalue weighted by Crippen LogP contribution is -2.42. The van der Waals surface area contributed by atoms with Gasteiger partial charge in [-0.05, 0) is 30.5 Å². The summed E-state index contributed by atoms with van der Waals surface area (Å²) in [5.74, 6) is -0.953. The van der Waals surface area contributed by atoms with Gasteiger partial charge in [0.1, 0.15) is 6.04 Å². The number of likely N-dealkylation sites (tertiary alicyclic amines) is 1. The number of urea groups is 1. The fourth-order valence-corrected chi connectivity index (χ4v) is 2.37. The Morgan fingerprint density at radius 2 is 2.30 bits per heavy atom. The number of carbonyl (C=O) groups excluding carboxylic acids is 1. The second kappa shape index (κ2) is 6.38. The van der Waals surface area contributed by atoms with Crippen molar-refractivity contribution in [2.24, 2.45) is 0 Å². The molecule has 6 nitrogen and oxygen atoms in total. The maximum atomic E-state index is 12.1. The predicted molar refractivity (Wildman–Crippen MR) is 73.5 cm³/mol. The van der Waals surface area contributed by atoms with Crippen molar-refractivity contribution in [3.63, 3.8) is 0 Å². The highest BCUT2D eigenvalue weighted by molar-refractivity contribution is 5.92. The van der Waals surface area contributed by atoms with Gasteiger partial charge in [-0.3, -0.25) is 0 Å². The summed E-state index contributed by atoms with van der Waals surface area (Å²) in [6.07, 6.45) is 1.22. The molecule has 1 aliphatic rings. The molecule has 1 aliphatic heterocycles. The Morgan fingerprint density at radius 3 is 3.00 bits per heavy atom. The van der Waals surface area contributed by atoms with Crippen molar-refractivity contribution in [2.75, 3.05) is 19.0 Å². The fraction of sp³-hybridized carbons (Fsp3) is 0.429. The standard InChI is InChI=1S/C14H18N2O4/c1-20-9-10-4-2-5-11(8-10)15-14(19)16-7-3-6-12(16)13(17)18/h2,4-5,8,12H,3,6-7,9H2,1H3,(H,15,19)(H,17,18)/t12-/m0/s1. The van der Waals surface area contributed by atoms with Gasteiger partial charge in [-0.2, -0.15) is 0 Å². The number of hydrogen-bond donors (Lipinski definition) is 2. The molecule has 1 fully saturated rings. The van der Waals surface area contributed by atoms with Crippen molar-refractivity contribution in [2.45, 2.75) is 25.5 Å². The summed E-state index contributed by atoms with van der Waals surface area (Å²) in [7, 11) is 1.60. The van der Waals surface area contributed by atoms with Crippen molar-refractivity contribution in [3.05, 3.63) is 29.8 Å². The molecule has 1 atom stereocenters. The third kappa shape index (κ3) is 3.27. The Kier molecular flexibility index (Phi) is 4.57. The second-order valence-corrected chi connectivity index (χ2v) is 4.75. The normalized spacial score (nSPS) is 18.1. The minimum atomic E-state index is -0.953. The van der Waals surface area contributed by atoms with Crippen molar-refractivity contribution >= 4 is 17.7 Å². The van der Waals surface area contributed by atoms with Gasteiger partial charge < -0.3 is 20.1 Å². The van der Waals surface area contributed by atoms with E-state index in [1.165, 1.54) is 4.90 Å². The summed E-state index contributed by atoms with van der Waals surface area (Å²) < 4.78 is 5.04. The van der Waals surface area contributed by atoms with Crippen LogP contribution < -0.4 is 5.32 Å². The highest BCUT2D eigenvalue weighted by Gasteiger charge is 2.33. The van der Waals surface area contributed by atoms with E-state index in [0.29, 0.717) is 31.7 Å². The predicted octanol–water partition coefficient (Wildman–Crippen LogP) is 1.91. The zero-order valence-corrected chi connectivity index (χ0v) is 11.3. The Balaban J connectivity index is 2.04. The van der Waals surface area contributed by atoms with Gasteiger partial charge in [-0.15, -0.1) is 0 Å². The molecule has 0 unspecified atom stereocenters. The van der Waals surface area contributed by atoms with Crippen LogP contribution in [0.3, 0.4) is 0 Å². The van der Waals surface area contributed by atoms with Crippen molar-refractivity contribution in [1.82, 2.24) is 4.90 Å². The van der Waals surface area contributed by atoms with Crippen LogP contribution in [0.1, 0.15) is 18.4 Å². The van der Waals surface area contributed by atoms with Crippen molar-refractivity contribution in [1.29, 1.82) is 0 Å². The minimum Gasteiger partial charge on any atom is -0.480 e. The summed E-state index contributed by atoms with van der Waals surface area (Å²) in [5, 5.41) is 11.8. The number of amides is 2. The average molecular weight is 278 g/mol.